The van der Waals surface area contributed by atoms with Gasteiger partial charge in [-0.25, -0.2) is 0 Å². The molecular weight excluding hydrogens is 330 g/mol. The molecule has 128 valence electrons. The van der Waals surface area contributed by atoms with Crippen molar-refractivity contribution in [3.63, 3.8) is 0 Å². The van der Waals surface area contributed by atoms with Gasteiger partial charge in [0.05, 0.1) is 12.7 Å². The normalized spacial score (nSPS) is 21.6. The number of aromatic amines is 1. The fraction of sp³-hybridized carbons (Fsp3) is 0.438. The van der Waals surface area contributed by atoms with E-state index in [1.807, 2.05) is 23.1 Å². The number of H-pyrrole nitrogens is 1. The van der Waals surface area contributed by atoms with Crippen molar-refractivity contribution in [2.75, 3.05) is 19.6 Å². The Balaban J connectivity index is 1.53. The van der Waals surface area contributed by atoms with E-state index < -0.39 is 5.60 Å². The third-order valence-corrected chi connectivity index (χ3v) is 4.42. The molecule has 1 fully saturated rings. The molecule has 1 atom stereocenters. The number of nitrogens with one attached hydrogen (secondary N) is 2. The summed E-state index contributed by atoms with van der Waals surface area (Å²) >= 11 is 5.93. The number of likely N-dealkylation sites (tertiary alicyclic amines) is 1. The minimum absolute atomic E-state index is 0.0839. The van der Waals surface area contributed by atoms with Crippen LogP contribution in [0.2, 0.25) is 5.02 Å². The highest BCUT2D eigenvalue weighted by molar-refractivity contribution is 6.30. The van der Waals surface area contributed by atoms with Crippen molar-refractivity contribution in [3.05, 3.63) is 46.7 Å². The predicted molar refractivity (Wildman–Crippen MR) is 89.3 cm³/mol. The molecular formula is C16H20ClN5O2. The van der Waals surface area contributed by atoms with Crippen LogP contribution in [0.4, 0.5) is 0 Å². The molecule has 0 unspecified atom stereocenters. The average molecular weight is 350 g/mol. The largest absolute Gasteiger partial charge is 0.382 e. The summed E-state index contributed by atoms with van der Waals surface area (Å²) in [5.41, 5.74) is 0.415. The van der Waals surface area contributed by atoms with Crippen LogP contribution >= 0.6 is 11.6 Å². The van der Waals surface area contributed by atoms with Crippen LogP contribution in [-0.4, -0.2) is 51.0 Å². The van der Waals surface area contributed by atoms with Gasteiger partial charge in [0.15, 0.2) is 0 Å². The first-order valence-corrected chi connectivity index (χ1v) is 8.25. The van der Waals surface area contributed by atoms with Crippen molar-refractivity contribution >= 4 is 17.5 Å². The van der Waals surface area contributed by atoms with Crippen molar-refractivity contribution in [3.8, 4) is 0 Å². The van der Waals surface area contributed by atoms with Crippen LogP contribution in [0.1, 0.15) is 24.1 Å². The first-order chi connectivity index (χ1) is 11.5. The molecule has 8 heteroatoms. The lowest BCUT2D eigenvalue weighted by Crippen LogP contribution is -2.49. The SMILES string of the molecule is O=C(CN1CCC[C@@](O)(c2cn[nH]n2)C1)NCc1cccc(Cl)c1. The maximum absolute atomic E-state index is 12.2. The fourth-order valence-electron chi connectivity index (χ4n) is 3.00. The zero-order chi connectivity index (χ0) is 17.0. The number of carbonyl (C=O) groups is 1. The molecule has 1 aromatic carbocycles. The highest BCUT2D eigenvalue weighted by Gasteiger charge is 2.37. The summed E-state index contributed by atoms with van der Waals surface area (Å²) in [5.74, 6) is -0.0839. The number of rotatable bonds is 5. The lowest BCUT2D eigenvalue weighted by Gasteiger charge is -2.37. The van der Waals surface area contributed by atoms with Gasteiger partial charge in [0.2, 0.25) is 5.91 Å². The second kappa shape index (κ2) is 7.29. The number of carbonyl (C=O) groups excluding carboxylic acids is 1. The zero-order valence-electron chi connectivity index (χ0n) is 13.2. The Morgan fingerprint density at radius 2 is 2.38 bits per heavy atom. The summed E-state index contributed by atoms with van der Waals surface area (Å²) in [6.07, 6.45) is 2.94. The van der Waals surface area contributed by atoms with Gasteiger partial charge >= 0.3 is 0 Å². The smallest absolute Gasteiger partial charge is 0.234 e. The van der Waals surface area contributed by atoms with Crippen LogP contribution in [0.25, 0.3) is 0 Å². The van der Waals surface area contributed by atoms with Gasteiger partial charge in [-0.2, -0.15) is 15.4 Å². The van der Waals surface area contributed by atoms with Crippen LogP contribution in [0, 0.1) is 0 Å². The molecule has 2 aromatic rings. The molecule has 0 radical (unpaired) electrons. The predicted octanol–water partition coefficient (Wildman–Crippen LogP) is 1.06. The van der Waals surface area contributed by atoms with E-state index in [-0.39, 0.29) is 12.5 Å². The molecule has 0 bridgehead atoms. The first kappa shape index (κ1) is 16.9. The average Bonchev–Trinajstić information content (AvgIpc) is 3.08. The Bertz CT molecular complexity index is 694. The molecule has 0 saturated carbocycles. The molecule has 24 heavy (non-hydrogen) atoms. The Labute approximate surface area is 145 Å². The number of amides is 1. The number of aliphatic hydroxyl groups is 1. The minimum atomic E-state index is -1.06. The Morgan fingerprint density at radius 3 is 3.12 bits per heavy atom. The molecule has 1 aromatic heterocycles. The number of piperidine rings is 1. The van der Waals surface area contributed by atoms with E-state index in [0.717, 1.165) is 18.5 Å². The maximum atomic E-state index is 12.2. The van der Waals surface area contributed by atoms with Crippen molar-refractivity contribution in [2.24, 2.45) is 0 Å². The summed E-state index contributed by atoms with van der Waals surface area (Å²) in [5, 5.41) is 24.5. The summed E-state index contributed by atoms with van der Waals surface area (Å²) in [4.78, 5) is 14.1. The van der Waals surface area contributed by atoms with Gasteiger partial charge in [-0.15, -0.1) is 0 Å². The Morgan fingerprint density at radius 1 is 1.50 bits per heavy atom. The summed E-state index contributed by atoms with van der Waals surface area (Å²) in [6, 6.07) is 7.39. The standard InChI is InChI=1S/C16H20ClN5O2/c17-13-4-1-3-12(7-13)8-18-15(23)10-22-6-2-5-16(24,11-22)14-9-19-21-20-14/h1,3-4,7,9,24H,2,5-6,8,10-11H2,(H,18,23)(H,19,20,21)/t16-/m0/s1. The van der Waals surface area contributed by atoms with Gasteiger partial charge in [0.1, 0.15) is 11.3 Å². The van der Waals surface area contributed by atoms with E-state index in [4.69, 9.17) is 11.6 Å². The maximum Gasteiger partial charge on any atom is 0.234 e. The zero-order valence-corrected chi connectivity index (χ0v) is 14.0. The third kappa shape index (κ3) is 4.11. The van der Waals surface area contributed by atoms with E-state index in [2.05, 4.69) is 20.7 Å². The number of hydrogen-bond donors (Lipinski definition) is 3. The molecule has 1 aliphatic rings. The lowest BCUT2D eigenvalue weighted by atomic mass is 9.90. The third-order valence-electron chi connectivity index (χ3n) is 4.19. The topological polar surface area (TPSA) is 94.1 Å². The second-order valence-corrected chi connectivity index (χ2v) is 6.54. The van der Waals surface area contributed by atoms with Crippen molar-refractivity contribution < 1.29 is 9.90 Å². The Hall–Kier alpha value is -1.96. The highest BCUT2D eigenvalue weighted by Crippen LogP contribution is 2.29. The summed E-state index contributed by atoms with van der Waals surface area (Å²) < 4.78 is 0. The molecule has 3 N–H and O–H groups in total. The first-order valence-electron chi connectivity index (χ1n) is 7.87. The molecule has 0 spiro atoms. The van der Waals surface area contributed by atoms with Gasteiger partial charge in [-0.1, -0.05) is 23.7 Å². The number of aromatic nitrogens is 3. The van der Waals surface area contributed by atoms with E-state index in [0.29, 0.717) is 30.2 Å². The van der Waals surface area contributed by atoms with Gasteiger partial charge < -0.3 is 10.4 Å². The van der Waals surface area contributed by atoms with Crippen LogP contribution in [-0.2, 0) is 16.9 Å². The summed E-state index contributed by atoms with van der Waals surface area (Å²) in [6.45, 7) is 1.80. The fourth-order valence-corrected chi connectivity index (χ4v) is 3.21. The molecule has 0 aliphatic carbocycles. The summed E-state index contributed by atoms with van der Waals surface area (Å²) in [7, 11) is 0. The lowest BCUT2D eigenvalue weighted by molar-refractivity contribution is -0.124. The quantitative estimate of drug-likeness (QED) is 0.750. The van der Waals surface area contributed by atoms with Crippen LogP contribution in [0.15, 0.2) is 30.5 Å². The number of hydrogen-bond acceptors (Lipinski definition) is 5. The van der Waals surface area contributed by atoms with Crippen LogP contribution in [0.3, 0.4) is 0 Å². The van der Waals surface area contributed by atoms with Crippen LogP contribution < -0.4 is 5.32 Å². The molecule has 1 aliphatic heterocycles. The second-order valence-electron chi connectivity index (χ2n) is 6.11. The molecule has 3 rings (SSSR count). The molecule has 1 saturated heterocycles. The van der Waals surface area contributed by atoms with E-state index >= 15 is 0 Å². The van der Waals surface area contributed by atoms with Crippen molar-refractivity contribution in [2.45, 2.75) is 25.0 Å². The van der Waals surface area contributed by atoms with E-state index in [1.165, 1.54) is 6.20 Å². The van der Waals surface area contributed by atoms with Gasteiger partial charge in [-0.05, 0) is 37.1 Å². The van der Waals surface area contributed by atoms with Crippen molar-refractivity contribution in [1.82, 2.24) is 25.6 Å². The number of β-amino-alcohol motifs (C(OH)–C–C–N with tert-alkyl or cyclic N) is 1. The van der Waals surface area contributed by atoms with Gasteiger partial charge in [0.25, 0.3) is 0 Å². The Kier molecular flexibility index (Phi) is 5.13. The highest BCUT2D eigenvalue weighted by atomic mass is 35.5. The number of nitrogens with zero attached hydrogens (tertiary/aromatic N) is 3. The van der Waals surface area contributed by atoms with Gasteiger partial charge in [-0.3, -0.25) is 9.69 Å². The van der Waals surface area contributed by atoms with E-state index in [1.54, 1.807) is 6.07 Å². The monoisotopic (exact) mass is 349 g/mol. The van der Waals surface area contributed by atoms with Gasteiger partial charge in [0, 0.05) is 18.1 Å². The van der Waals surface area contributed by atoms with E-state index in [9.17, 15) is 9.90 Å². The molecule has 1 amide bonds. The minimum Gasteiger partial charge on any atom is -0.382 e. The van der Waals surface area contributed by atoms with Crippen LogP contribution in [0.5, 0.6) is 0 Å². The van der Waals surface area contributed by atoms with Crippen molar-refractivity contribution in [1.29, 1.82) is 0 Å². The molecule has 2 heterocycles. The number of benzene rings is 1. The molecule has 7 nitrogen and oxygen atoms in total. The number of halogens is 1.